The molecule has 0 saturated carbocycles. The topological polar surface area (TPSA) is 26.0 Å². The Kier molecular flexibility index (Phi) is 4.01. The summed E-state index contributed by atoms with van der Waals surface area (Å²) in [6.45, 7) is 5.26. The maximum absolute atomic E-state index is 5.60. The van der Waals surface area contributed by atoms with Crippen LogP contribution >= 0.6 is 0 Å². The predicted octanol–water partition coefficient (Wildman–Crippen LogP) is 3.56. The van der Waals surface area contributed by atoms with Crippen LogP contribution in [0.25, 0.3) is 5.57 Å². The molecule has 0 aromatic heterocycles. The molecule has 1 aromatic rings. The minimum atomic E-state index is 0.570. The Morgan fingerprint density at radius 2 is 2.06 bits per heavy atom. The van der Waals surface area contributed by atoms with Gasteiger partial charge in [0.15, 0.2) is 0 Å². The minimum absolute atomic E-state index is 0.570. The number of aryl methyl sites for hydroxylation is 2. The standard InChI is InChI=1S/C16H23N/c1-12(2)16(7-4-10-17)15-9-8-13-5-3-6-14(13)11-15/h7-9,11-12H,3-6,10,17H2,1-2H3/b16-7+. The number of rotatable bonds is 4. The lowest BCUT2D eigenvalue weighted by molar-refractivity contribution is 0.846. The largest absolute Gasteiger partial charge is 0.330 e. The highest BCUT2D eigenvalue weighted by molar-refractivity contribution is 5.68. The van der Waals surface area contributed by atoms with Gasteiger partial charge in [0.2, 0.25) is 0 Å². The highest BCUT2D eigenvalue weighted by atomic mass is 14.5. The summed E-state index contributed by atoms with van der Waals surface area (Å²) in [6.07, 6.45) is 7.12. The van der Waals surface area contributed by atoms with Crippen molar-refractivity contribution in [2.45, 2.75) is 39.5 Å². The summed E-state index contributed by atoms with van der Waals surface area (Å²) in [5.41, 5.74) is 11.6. The Balaban J connectivity index is 2.30. The Morgan fingerprint density at radius 1 is 1.29 bits per heavy atom. The van der Waals surface area contributed by atoms with Gasteiger partial charge >= 0.3 is 0 Å². The van der Waals surface area contributed by atoms with Gasteiger partial charge in [0, 0.05) is 0 Å². The van der Waals surface area contributed by atoms with Gasteiger partial charge in [-0.15, -0.1) is 0 Å². The summed E-state index contributed by atoms with van der Waals surface area (Å²) in [5.74, 6) is 0.570. The summed E-state index contributed by atoms with van der Waals surface area (Å²) < 4.78 is 0. The maximum atomic E-state index is 5.60. The van der Waals surface area contributed by atoms with Crippen LogP contribution in [0.1, 0.15) is 43.4 Å². The smallest absolute Gasteiger partial charge is 0.00424 e. The average Bonchev–Trinajstić information content (AvgIpc) is 2.76. The second-order valence-electron chi connectivity index (χ2n) is 5.23. The lowest BCUT2D eigenvalue weighted by atomic mass is 9.92. The Bertz CT molecular complexity index is 416. The molecule has 0 heterocycles. The molecule has 1 aromatic carbocycles. The molecule has 0 unspecified atom stereocenters. The van der Waals surface area contributed by atoms with Crippen molar-refractivity contribution in [1.29, 1.82) is 0 Å². The van der Waals surface area contributed by atoms with Crippen molar-refractivity contribution in [2.75, 3.05) is 6.54 Å². The first kappa shape index (κ1) is 12.4. The van der Waals surface area contributed by atoms with Gasteiger partial charge in [-0.1, -0.05) is 38.1 Å². The van der Waals surface area contributed by atoms with Crippen LogP contribution in [0.2, 0.25) is 0 Å². The molecule has 1 aliphatic rings. The molecule has 0 fully saturated rings. The van der Waals surface area contributed by atoms with Crippen LogP contribution in [0.15, 0.2) is 24.3 Å². The van der Waals surface area contributed by atoms with Crippen molar-refractivity contribution in [3.05, 3.63) is 41.0 Å². The van der Waals surface area contributed by atoms with Crippen molar-refractivity contribution in [3.63, 3.8) is 0 Å². The SMILES string of the molecule is CC(C)/C(=C\CCN)c1ccc2c(c1)CCC2. The van der Waals surface area contributed by atoms with Crippen LogP contribution in [0.3, 0.4) is 0 Å². The third kappa shape index (κ3) is 2.78. The molecule has 2 rings (SSSR count). The molecular formula is C16H23N. The Labute approximate surface area is 105 Å². The van der Waals surface area contributed by atoms with E-state index in [0.29, 0.717) is 5.92 Å². The fourth-order valence-electron chi connectivity index (χ4n) is 2.68. The van der Waals surface area contributed by atoms with E-state index in [-0.39, 0.29) is 0 Å². The zero-order valence-corrected chi connectivity index (χ0v) is 11.0. The summed E-state index contributed by atoms with van der Waals surface area (Å²) in [7, 11) is 0. The first-order valence-electron chi connectivity index (χ1n) is 6.74. The molecule has 17 heavy (non-hydrogen) atoms. The number of nitrogens with two attached hydrogens (primary N) is 1. The molecule has 0 bridgehead atoms. The molecule has 0 atom stereocenters. The monoisotopic (exact) mass is 229 g/mol. The van der Waals surface area contributed by atoms with Crippen LogP contribution in [0, 0.1) is 5.92 Å². The third-order valence-corrected chi connectivity index (χ3v) is 3.58. The normalized spacial score (nSPS) is 15.4. The van der Waals surface area contributed by atoms with E-state index in [9.17, 15) is 0 Å². The third-order valence-electron chi connectivity index (χ3n) is 3.58. The van der Waals surface area contributed by atoms with Crippen LogP contribution in [-0.2, 0) is 12.8 Å². The molecule has 1 nitrogen and oxygen atoms in total. The molecule has 1 aliphatic carbocycles. The first-order valence-corrected chi connectivity index (χ1v) is 6.74. The van der Waals surface area contributed by atoms with E-state index in [4.69, 9.17) is 5.73 Å². The van der Waals surface area contributed by atoms with Crippen LogP contribution in [0.5, 0.6) is 0 Å². The molecule has 1 heteroatoms. The number of hydrogen-bond acceptors (Lipinski definition) is 1. The van der Waals surface area contributed by atoms with Gasteiger partial charge in [0.05, 0.1) is 0 Å². The van der Waals surface area contributed by atoms with Crippen molar-refractivity contribution < 1.29 is 0 Å². The zero-order valence-electron chi connectivity index (χ0n) is 11.0. The lowest BCUT2D eigenvalue weighted by Crippen LogP contribution is -2.00. The van der Waals surface area contributed by atoms with Crippen LogP contribution in [-0.4, -0.2) is 6.54 Å². The summed E-state index contributed by atoms with van der Waals surface area (Å²) in [6, 6.07) is 6.99. The first-order chi connectivity index (χ1) is 8.22. The molecule has 0 spiro atoms. The summed E-state index contributed by atoms with van der Waals surface area (Å²) in [4.78, 5) is 0. The van der Waals surface area contributed by atoms with E-state index in [2.05, 4.69) is 38.1 Å². The van der Waals surface area contributed by atoms with E-state index >= 15 is 0 Å². The van der Waals surface area contributed by atoms with E-state index < -0.39 is 0 Å². The number of fused-ring (bicyclic) bond motifs is 1. The second-order valence-corrected chi connectivity index (χ2v) is 5.23. The van der Waals surface area contributed by atoms with Gasteiger partial charge in [-0.05, 0) is 60.4 Å². The average molecular weight is 229 g/mol. The Morgan fingerprint density at radius 3 is 2.76 bits per heavy atom. The van der Waals surface area contributed by atoms with E-state index in [1.54, 1.807) is 11.1 Å². The molecule has 2 N–H and O–H groups in total. The minimum Gasteiger partial charge on any atom is -0.330 e. The molecule has 0 radical (unpaired) electrons. The van der Waals surface area contributed by atoms with Gasteiger partial charge in [-0.2, -0.15) is 0 Å². The highest BCUT2D eigenvalue weighted by Gasteiger charge is 2.13. The van der Waals surface area contributed by atoms with Crippen LogP contribution < -0.4 is 5.73 Å². The van der Waals surface area contributed by atoms with Gasteiger partial charge in [-0.25, -0.2) is 0 Å². The fraction of sp³-hybridized carbons (Fsp3) is 0.500. The van der Waals surface area contributed by atoms with E-state index in [1.807, 2.05) is 0 Å². The van der Waals surface area contributed by atoms with Crippen molar-refractivity contribution in [3.8, 4) is 0 Å². The fourth-order valence-corrected chi connectivity index (χ4v) is 2.68. The van der Waals surface area contributed by atoms with Crippen molar-refractivity contribution in [2.24, 2.45) is 11.7 Å². The quantitative estimate of drug-likeness (QED) is 0.839. The van der Waals surface area contributed by atoms with Crippen LogP contribution in [0.4, 0.5) is 0 Å². The van der Waals surface area contributed by atoms with Gasteiger partial charge in [-0.3, -0.25) is 0 Å². The second kappa shape index (κ2) is 5.50. The van der Waals surface area contributed by atoms with Gasteiger partial charge in [0.25, 0.3) is 0 Å². The molecule has 0 aliphatic heterocycles. The summed E-state index contributed by atoms with van der Waals surface area (Å²) in [5, 5.41) is 0. The number of allylic oxidation sites excluding steroid dienone is 1. The number of hydrogen-bond donors (Lipinski definition) is 1. The molecule has 0 saturated heterocycles. The molecule has 0 amide bonds. The van der Waals surface area contributed by atoms with Crippen molar-refractivity contribution in [1.82, 2.24) is 0 Å². The van der Waals surface area contributed by atoms with Crippen molar-refractivity contribution >= 4 is 5.57 Å². The summed E-state index contributed by atoms with van der Waals surface area (Å²) >= 11 is 0. The molecule has 92 valence electrons. The lowest BCUT2D eigenvalue weighted by Gasteiger charge is -2.13. The van der Waals surface area contributed by atoms with Gasteiger partial charge < -0.3 is 5.73 Å². The highest BCUT2D eigenvalue weighted by Crippen LogP contribution is 2.29. The van der Waals surface area contributed by atoms with Gasteiger partial charge in [0.1, 0.15) is 0 Å². The maximum Gasteiger partial charge on any atom is -0.00424 e. The Hall–Kier alpha value is -1.08. The van der Waals surface area contributed by atoms with E-state index in [0.717, 1.165) is 13.0 Å². The van der Waals surface area contributed by atoms with E-state index in [1.165, 1.54) is 30.4 Å². The molecular weight excluding hydrogens is 206 g/mol. The number of benzene rings is 1. The zero-order chi connectivity index (χ0) is 12.3. The predicted molar refractivity (Wildman–Crippen MR) is 75.0 cm³/mol.